The number of benzene rings is 1. The average molecular weight is 327 g/mol. The van der Waals surface area contributed by atoms with Crippen molar-refractivity contribution in [3.05, 3.63) is 54.4 Å². The third-order valence-corrected chi connectivity index (χ3v) is 4.63. The molecule has 0 unspecified atom stereocenters. The molecule has 2 atom stereocenters. The normalized spacial score (nSPS) is 18.3. The summed E-state index contributed by atoms with van der Waals surface area (Å²) in [7, 11) is 0. The van der Waals surface area contributed by atoms with E-state index in [0.717, 1.165) is 28.5 Å². The van der Waals surface area contributed by atoms with Gasteiger partial charge in [0.1, 0.15) is 6.04 Å². The second kappa shape index (κ2) is 6.83. The molecule has 0 aliphatic carbocycles. The molecule has 2 heterocycles. The summed E-state index contributed by atoms with van der Waals surface area (Å²) >= 11 is 1.14. The van der Waals surface area contributed by atoms with Crippen molar-refractivity contribution in [3.63, 3.8) is 0 Å². The lowest BCUT2D eigenvalue weighted by atomic mass is 10.0. The van der Waals surface area contributed by atoms with E-state index in [2.05, 4.69) is 15.6 Å². The minimum absolute atomic E-state index is 0.118. The molecular weight excluding hydrogens is 310 g/mol. The molecule has 2 N–H and O–H groups in total. The Morgan fingerprint density at radius 1 is 1.30 bits per heavy atom. The Morgan fingerprint density at radius 3 is 2.70 bits per heavy atom. The van der Waals surface area contributed by atoms with Crippen LogP contribution in [0.3, 0.4) is 0 Å². The SMILES string of the molecule is C[C@@H](NC(=O)[C@@H]1CSC(=O)N1)c1ccc(-c2cccnc2)cc1. The van der Waals surface area contributed by atoms with Crippen LogP contribution in [0.2, 0.25) is 0 Å². The second-order valence-corrected chi connectivity index (χ2v) is 6.38. The minimum Gasteiger partial charge on any atom is -0.348 e. The maximum atomic E-state index is 12.1. The van der Waals surface area contributed by atoms with Crippen LogP contribution in [0.5, 0.6) is 0 Å². The quantitative estimate of drug-likeness (QED) is 0.906. The van der Waals surface area contributed by atoms with Crippen LogP contribution in [0.4, 0.5) is 4.79 Å². The minimum atomic E-state index is -0.440. The molecule has 2 amide bonds. The first-order valence-electron chi connectivity index (χ1n) is 7.37. The first-order chi connectivity index (χ1) is 11.1. The van der Waals surface area contributed by atoms with Crippen LogP contribution in [0.15, 0.2) is 48.8 Å². The molecule has 23 heavy (non-hydrogen) atoms. The van der Waals surface area contributed by atoms with E-state index in [9.17, 15) is 9.59 Å². The van der Waals surface area contributed by atoms with Gasteiger partial charge in [0.15, 0.2) is 0 Å². The number of aromatic nitrogens is 1. The van der Waals surface area contributed by atoms with E-state index < -0.39 is 6.04 Å². The van der Waals surface area contributed by atoms with Crippen LogP contribution in [0.25, 0.3) is 11.1 Å². The first-order valence-corrected chi connectivity index (χ1v) is 8.36. The molecule has 1 saturated heterocycles. The van der Waals surface area contributed by atoms with E-state index in [1.165, 1.54) is 0 Å². The summed E-state index contributed by atoms with van der Waals surface area (Å²) in [6.45, 7) is 1.93. The largest absolute Gasteiger partial charge is 0.348 e. The van der Waals surface area contributed by atoms with Crippen molar-refractivity contribution in [2.24, 2.45) is 0 Å². The summed E-state index contributed by atoms with van der Waals surface area (Å²) in [5.74, 6) is 0.337. The van der Waals surface area contributed by atoms with E-state index in [0.29, 0.717) is 5.75 Å². The van der Waals surface area contributed by atoms with Crippen molar-refractivity contribution < 1.29 is 9.59 Å². The van der Waals surface area contributed by atoms with Gasteiger partial charge in [0.2, 0.25) is 5.91 Å². The highest BCUT2D eigenvalue weighted by Gasteiger charge is 2.28. The number of nitrogens with one attached hydrogen (secondary N) is 2. The lowest BCUT2D eigenvalue weighted by Crippen LogP contribution is -2.43. The zero-order valence-electron chi connectivity index (χ0n) is 12.7. The van der Waals surface area contributed by atoms with Crippen molar-refractivity contribution in [2.45, 2.75) is 19.0 Å². The van der Waals surface area contributed by atoms with Crippen LogP contribution in [0, 0.1) is 0 Å². The Labute approximate surface area is 138 Å². The van der Waals surface area contributed by atoms with Gasteiger partial charge in [-0.25, -0.2) is 0 Å². The van der Waals surface area contributed by atoms with Gasteiger partial charge in [-0.1, -0.05) is 42.1 Å². The maximum absolute atomic E-state index is 12.1. The fraction of sp³-hybridized carbons (Fsp3) is 0.235. The van der Waals surface area contributed by atoms with Crippen molar-refractivity contribution in [3.8, 4) is 11.1 Å². The number of hydrogen-bond acceptors (Lipinski definition) is 4. The number of pyridine rings is 1. The summed E-state index contributed by atoms with van der Waals surface area (Å²) in [4.78, 5) is 27.4. The standard InChI is InChI=1S/C17H17N3O2S/c1-11(19-16(21)15-10-23-17(22)20-15)12-4-6-13(7-5-12)14-3-2-8-18-9-14/h2-9,11,15H,10H2,1H3,(H,19,21)(H,20,22)/t11-,15+/m1/s1. The molecular formula is C17H17N3O2S. The monoisotopic (exact) mass is 327 g/mol. The van der Waals surface area contributed by atoms with Gasteiger partial charge in [-0.3, -0.25) is 14.6 Å². The zero-order valence-corrected chi connectivity index (χ0v) is 13.5. The number of carbonyl (C=O) groups excluding carboxylic acids is 2. The Kier molecular flexibility index (Phi) is 4.62. The third kappa shape index (κ3) is 3.71. The van der Waals surface area contributed by atoms with Gasteiger partial charge in [0.05, 0.1) is 6.04 Å². The van der Waals surface area contributed by atoms with Gasteiger partial charge >= 0.3 is 0 Å². The summed E-state index contributed by atoms with van der Waals surface area (Å²) in [5, 5.41) is 5.44. The zero-order chi connectivity index (χ0) is 16.2. The topological polar surface area (TPSA) is 71.1 Å². The average Bonchev–Trinajstić information content (AvgIpc) is 3.02. The van der Waals surface area contributed by atoms with Gasteiger partial charge in [0.25, 0.3) is 5.24 Å². The first kappa shape index (κ1) is 15.6. The van der Waals surface area contributed by atoms with Crippen molar-refractivity contribution in [1.82, 2.24) is 15.6 Å². The summed E-state index contributed by atoms with van der Waals surface area (Å²) < 4.78 is 0. The summed E-state index contributed by atoms with van der Waals surface area (Å²) in [6.07, 6.45) is 3.57. The fourth-order valence-corrected chi connectivity index (χ4v) is 3.20. The van der Waals surface area contributed by atoms with E-state index in [1.54, 1.807) is 6.20 Å². The van der Waals surface area contributed by atoms with Crippen LogP contribution in [0.1, 0.15) is 18.5 Å². The van der Waals surface area contributed by atoms with Gasteiger partial charge in [-0.2, -0.15) is 0 Å². The number of rotatable bonds is 4. The van der Waals surface area contributed by atoms with Crippen LogP contribution in [-0.2, 0) is 4.79 Å². The highest BCUT2D eigenvalue weighted by atomic mass is 32.2. The van der Waals surface area contributed by atoms with Crippen LogP contribution >= 0.6 is 11.8 Å². The second-order valence-electron chi connectivity index (χ2n) is 5.39. The maximum Gasteiger partial charge on any atom is 0.279 e. The van der Waals surface area contributed by atoms with Crippen molar-refractivity contribution >= 4 is 22.9 Å². The lowest BCUT2D eigenvalue weighted by molar-refractivity contribution is -0.122. The molecule has 0 radical (unpaired) electrons. The van der Waals surface area contributed by atoms with Gasteiger partial charge in [-0.05, 0) is 29.7 Å². The van der Waals surface area contributed by atoms with Crippen molar-refractivity contribution in [1.29, 1.82) is 0 Å². The summed E-state index contributed by atoms with van der Waals surface area (Å²) in [6, 6.07) is 11.4. The molecule has 0 spiro atoms. The predicted molar refractivity (Wildman–Crippen MR) is 91.0 cm³/mol. The number of thioether (sulfide) groups is 1. The van der Waals surface area contributed by atoms with E-state index in [1.807, 2.05) is 49.5 Å². The Bertz CT molecular complexity index is 704. The van der Waals surface area contributed by atoms with E-state index >= 15 is 0 Å². The Hall–Kier alpha value is -2.34. The molecule has 5 nitrogen and oxygen atoms in total. The molecule has 2 aromatic rings. The number of carbonyl (C=O) groups is 2. The van der Waals surface area contributed by atoms with Crippen molar-refractivity contribution in [2.75, 3.05) is 5.75 Å². The van der Waals surface area contributed by atoms with E-state index in [4.69, 9.17) is 0 Å². The Balaban J connectivity index is 1.65. The highest BCUT2D eigenvalue weighted by Crippen LogP contribution is 2.21. The predicted octanol–water partition coefficient (Wildman–Crippen LogP) is 2.75. The number of amides is 2. The summed E-state index contributed by atoms with van der Waals surface area (Å²) in [5.41, 5.74) is 3.16. The molecule has 6 heteroatoms. The molecule has 0 saturated carbocycles. The lowest BCUT2D eigenvalue weighted by Gasteiger charge is -2.17. The van der Waals surface area contributed by atoms with Gasteiger partial charge in [-0.15, -0.1) is 0 Å². The fourth-order valence-electron chi connectivity index (χ4n) is 2.42. The van der Waals surface area contributed by atoms with Crippen LogP contribution in [-0.4, -0.2) is 27.9 Å². The number of hydrogen-bond donors (Lipinski definition) is 2. The number of nitrogens with zero attached hydrogens (tertiary/aromatic N) is 1. The molecule has 118 valence electrons. The van der Waals surface area contributed by atoms with E-state index in [-0.39, 0.29) is 17.2 Å². The van der Waals surface area contributed by atoms with Crippen LogP contribution < -0.4 is 10.6 Å². The highest BCUT2D eigenvalue weighted by molar-refractivity contribution is 8.14. The van der Waals surface area contributed by atoms with Gasteiger partial charge in [0, 0.05) is 18.1 Å². The Morgan fingerprint density at radius 2 is 2.09 bits per heavy atom. The molecule has 1 aromatic carbocycles. The third-order valence-electron chi connectivity index (χ3n) is 3.75. The molecule has 1 aromatic heterocycles. The molecule has 1 fully saturated rings. The molecule has 3 rings (SSSR count). The molecule has 1 aliphatic heterocycles. The molecule has 0 bridgehead atoms. The molecule has 1 aliphatic rings. The smallest absolute Gasteiger partial charge is 0.279 e. The van der Waals surface area contributed by atoms with Gasteiger partial charge < -0.3 is 10.6 Å².